The van der Waals surface area contributed by atoms with Gasteiger partial charge in [0.15, 0.2) is 0 Å². The van der Waals surface area contributed by atoms with Gasteiger partial charge in [-0.25, -0.2) is 0 Å². The van der Waals surface area contributed by atoms with Crippen molar-refractivity contribution in [2.24, 2.45) is 0 Å². The average Bonchev–Trinajstić information content (AvgIpc) is 2.21. The molecule has 0 saturated carbocycles. The summed E-state index contributed by atoms with van der Waals surface area (Å²) >= 11 is 0. The second-order valence-corrected chi connectivity index (χ2v) is 4.78. The van der Waals surface area contributed by atoms with Crippen LogP contribution < -0.4 is 0 Å². The van der Waals surface area contributed by atoms with Crippen LogP contribution in [0.1, 0.15) is 13.8 Å². The lowest BCUT2D eigenvalue weighted by atomic mass is 10.3. The highest BCUT2D eigenvalue weighted by atomic mass is 16.5. The molecular weight excluding hydrogens is 204 g/mol. The summed E-state index contributed by atoms with van der Waals surface area (Å²) in [5.74, 6) is 0. The Morgan fingerprint density at radius 3 is 1.31 bits per heavy atom. The van der Waals surface area contributed by atoms with Crippen molar-refractivity contribution < 1.29 is 9.47 Å². The molecule has 0 rings (SSSR count). The topological polar surface area (TPSA) is 24.9 Å². The average molecular weight is 232 g/mol. The Bertz CT molecular complexity index is 145. The zero-order valence-electron chi connectivity index (χ0n) is 11.7. The van der Waals surface area contributed by atoms with Gasteiger partial charge in [-0.15, -0.1) is 0 Å². The van der Waals surface area contributed by atoms with Crippen molar-refractivity contribution >= 4 is 0 Å². The van der Waals surface area contributed by atoms with Crippen molar-refractivity contribution in [2.45, 2.75) is 25.9 Å². The molecule has 0 fully saturated rings. The van der Waals surface area contributed by atoms with Gasteiger partial charge in [-0.1, -0.05) is 0 Å². The molecule has 0 aromatic heterocycles. The Balaban J connectivity index is 3.28. The first-order valence-corrected chi connectivity index (χ1v) is 5.93. The Hall–Kier alpha value is -0.160. The molecule has 0 aliphatic rings. The van der Waals surface area contributed by atoms with Crippen LogP contribution in [0.15, 0.2) is 0 Å². The number of ether oxygens (including phenoxy) is 2. The van der Waals surface area contributed by atoms with Crippen LogP contribution in [0.3, 0.4) is 0 Å². The van der Waals surface area contributed by atoms with Crippen molar-refractivity contribution in [3.63, 3.8) is 0 Å². The van der Waals surface area contributed by atoms with E-state index in [-0.39, 0.29) is 0 Å². The summed E-state index contributed by atoms with van der Waals surface area (Å²) in [5, 5.41) is 0. The molecule has 0 N–H and O–H groups in total. The molecule has 0 aliphatic carbocycles. The SMILES string of the molecule is CC(COCCOCC(C)N(C)C)N(C)C. The molecule has 0 spiro atoms. The molecule has 4 heteroatoms. The second-order valence-electron chi connectivity index (χ2n) is 4.78. The quantitative estimate of drug-likeness (QED) is 0.552. The van der Waals surface area contributed by atoms with Gasteiger partial charge < -0.3 is 19.3 Å². The molecule has 0 bridgehead atoms. The third-order valence-corrected chi connectivity index (χ3v) is 2.85. The van der Waals surface area contributed by atoms with Crippen LogP contribution in [0.5, 0.6) is 0 Å². The molecule has 0 saturated heterocycles. The molecule has 98 valence electrons. The van der Waals surface area contributed by atoms with E-state index < -0.39 is 0 Å². The molecule has 0 heterocycles. The van der Waals surface area contributed by atoms with Gasteiger partial charge >= 0.3 is 0 Å². The van der Waals surface area contributed by atoms with Gasteiger partial charge in [-0.2, -0.15) is 0 Å². The van der Waals surface area contributed by atoms with E-state index in [0.29, 0.717) is 25.3 Å². The highest BCUT2D eigenvalue weighted by Crippen LogP contribution is 1.94. The van der Waals surface area contributed by atoms with Gasteiger partial charge in [0.05, 0.1) is 26.4 Å². The van der Waals surface area contributed by atoms with E-state index in [4.69, 9.17) is 9.47 Å². The summed E-state index contributed by atoms with van der Waals surface area (Å²) in [6.45, 7) is 7.18. The molecular formula is C12H28N2O2. The summed E-state index contributed by atoms with van der Waals surface area (Å²) in [7, 11) is 8.24. The molecule has 2 atom stereocenters. The van der Waals surface area contributed by atoms with Gasteiger partial charge in [0.1, 0.15) is 0 Å². The molecule has 4 nitrogen and oxygen atoms in total. The van der Waals surface area contributed by atoms with Crippen molar-refractivity contribution in [2.75, 3.05) is 54.6 Å². The lowest BCUT2D eigenvalue weighted by molar-refractivity contribution is 0.0160. The van der Waals surface area contributed by atoms with Crippen LogP contribution in [0.2, 0.25) is 0 Å². The summed E-state index contributed by atoms with van der Waals surface area (Å²) in [6.07, 6.45) is 0. The standard InChI is InChI=1S/C12H28N2O2/c1-11(13(3)4)9-15-7-8-16-10-12(2)14(5)6/h11-12H,7-10H2,1-6H3. The zero-order valence-corrected chi connectivity index (χ0v) is 11.7. The third-order valence-electron chi connectivity index (χ3n) is 2.85. The normalized spacial score (nSPS) is 15.8. The number of nitrogens with zero attached hydrogens (tertiary/aromatic N) is 2. The van der Waals surface area contributed by atoms with E-state index >= 15 is 0 Å². The Morgan fingerprint density at radius 1 is 0.750 bits per heavy atom. The van der Waals surface area contributed by atoms with E-state index in [1.165, 1.54) is 0 Å². The molecule has 16 heavy (non-hydrogen) atoms. The Kier molecular flexibility index (Phi) is 8.84. The first kappa shape index (κ1) is 15.8. The van der Waals surface area contributed by atoms with Crippen LogP contribution in [0.4, 0.5) is 0 Å². The lowest BCUT2D eigenvalue weighted by Gasteiger charge is -2.21. The monoisotopic (exact) mass is 232 g/mol. The molecule has 2 unspecified atom stereocenters. The third kappa shape index (κ3) is 8.05. The lowest BCUT2D eigenvalue weighted by Crippen LogP contribution is -2.31. The van der Waals surface area contributed by atoms with Gasteiger partial charge in [-0.3, -0.25) is 0 Å². The summed E-state index contributed by atoms with van der Waals surface area (Å²) in [5.41, 5.74) is 0. The second kappa shape index (κ2) is 8.93. The summed E-state index contributed by atoms with van der Waals surface area (Å²) < 4.78 is 11.0. The fraction of sp³-hybridized carbons (Fsp3) is 1.00. The van der Waals surface area contributed by atoms with Crippen LogP contribution in [-0.2, 0) is 9.47 Å². The first-order chi connectivity index (χ1) is 7.45. The fourth-order valence-electron chi connectivity index (χ4n) is 0.924. The van der Waals surface area contributed by atoms with Crippen LogP contribution >= 0.6 is 0 Å². The predicted molar refractivity (Wildman–Crippen MR) is 67.9 cm³/mol. The van der Waals surface area contributed by atoms with Crippen molar-refractivity contribution in [3.05, 3.63) is 0 Å². The van der Waals surface area contributed by atoms with Crippen molar-refractivity contribution in [1.29, 1.82) is 0 Å². The summed E-state index contributed by atoms with van der Waals surface area (Å²) in [4.78, 5) is 4.30. The highest BCUT2D eigenvalue weighted by molar-refractivity contribution is 4.58. The van der Waals surface area contributed by atoms with Gasteiger partial charge in [0.2, 0.25) is 0 Å². The zero-order chi connectivity index (χ0) is 12.6. The molecule has 0 amide bonds. The number of likely N-dealkylation sites (N-methyl/N-ethyl adjacent to an activating group) is 2. The van der Waals surface area contributed by atoms with Crippen molar-refractivity contribution in [3.8, 4) is 0 Å². The molecule has 0 aliphatic heterocycles. The Morgan fingerprint density at radius 2 is 1.06 bits per heavy atom. The van der Waals surface area contributed by atoms with Gasteiger partial charge in [0, 0.05) is 12.1 Å². The van der Waals surface area contributed by atoms with Crippen LogP contribution in [0.25, 0.3) is 0 Å². The fourth-order valence-corrected chi connectivity index (χ4v) is 0.924. The van der Waals surface area contributed by atoms with E-state index in [0.717, 1.165) is 13.2 Å². The van der Waals surface area contributed by atoms with Gasteiger partial charge in [0.25, 0.3) is 0 Å². The number of hydrogen-bond acceptors (Lipinski definition) is 4. The van der Waals surface area contributed by atoms with E-state index in [9.17, 15) is 0 Å². The van der Waals surface area contributed by atoms with E-state index in [1.54, 1.807) is 0 Å². The molecule has 0 aromatic rings. The molecule has 0 radical (unpaired) electrons. The largest absolute Gasteiger partial charge is 0.377 e. The van der Waals surface area contributed by atoms with E-state index in [2.05, 4.69) is 51.8 Å². The predicted octanol–water partition coefficient (Wildman–Crippen LogP) is 0.920. The molecule has 0 aromatic carbocycles. The first-order valence-electron chi connectivity index (χ1n) is 5.93. The maximum absolute atomic E-state index is 5.52. The van der Waals surface area contributed by atoms with Crippen LogP contribution in [0, 0.1) is 0 Å². The maximum atomic E-state index is 5.52. The minimum absolute atomic E-state index is 0.459. The minimum Gasteiger partial charge on any atom is -0.377 e. The maximum Gasteiger partial charge on any atom is 0.0701 e. The van der Waals surface area contributed by atoms with Gasteiger partial charge in [-0.05, 0) is 42.0 Å². The van der Waals surface area contributed by atoms with Crippen LogP contribution in [-0.4, -0.2) is 76.5 Å². The smallest absolute Gasteiger partial charge is 0.0701 e. The minimum atomic E-state index is 0.459. The van der Waals surface area contributed by atoms with E-state index in [1.807, 2.05) is 0 Å². The highest BCUT2D eigenvalue weighted by Gasteiger charge is 2.05. The summed E-state index contributed by atoms with van der Waals surface area (Å²) in [6, 6.07) is 0.918. The number of rotatable bonds is 9. The van der Waals surface area contributed by atoms with Crippen molar-refractivity contribution in [1.82, 2.24) is 9.80 Å². The number of hydrogen-bond donors (Lipinski definition) is 0. The Labute approximate surface area is 101 Å².